The van der Waals surface area contributed by atoms with Gasteiger partial charge in [-0.15, -0.1) is 0 Å². The molecule has 0 aromatic carbocycles. The molecule has 0 aromatic heterocycles. The topological polar surface area (TPSA) is 41.6 Å². The van der Waals surface area contributed by atoms with Gasteiger partial charge in [0.05, 0.1) is 13.2 Å². The Balaban J connectivity index is 1.38. The van der Waals surface area contributed by atoms with Crippen LogP contribution in [-0.4, -0.2) is 49.7 Å². The Morgan fingerprint density at radius 2 is 1.94 bits per heavy atom. The van der Waals surface area contributed by atoms with Gasteiger partial charge in [-0.2, -0.15) is 0 Å². The molecule has 1 N–H and O–H groups in total. The average molecular weight is 252 g/mol. The maximum absolute atomic E-state index is 11.9. The minimum atomic E-state index is 0.348. The van der Waals surface area contributed by atoms with Crippen molar-refractivity contribution >= 4 is 5.91 Å². The average Bonchev–Trinajstić information content (AvgIpc) is 3.18. The first-order chi connectivity index (χ1) is 8.66. The van der Waals surface area contributed by atoms with Gasteiger partial charge in [-0.25, -0.2) is 0 Å². The molecule has 3 rings (SSSR count). The van der Waals surface area contributed by atoms with Crippen LogP contribution in [0.5, 0.6) is 0 Å². The monoisotopic (exact) mass is 252 g/mol. The van der Waals surface area contributed by atoms with E-state index in [2.05, 4.69) is 17.1 Å². The van der Waals surface area contributed by atoms with E-state index in [1.807, 2.05) is 0 Å². The van der Waals surface area contributed by atoms with Crippen LogP contribution in [0.25, 0.3) is 0 Å². The second-order valence-electron chi connectivity index (χ2n) is 6.56. The van der Waals surface area contributed by atoms with Crippen LogP contribution in [0, 0.1) is 11.3 Å². The predicted molar refractivity (Wildman–Crippen MR) is 69.3 cm³/mol. The summed E-state index contributed by atoms with van der Waals surface area (Å²) < 4.78 is 5.27. The first-order valence-electron chi connectivity index (χ1n) is 7.26. The number of nitrogens with zero attached hydrogens (tertiary/aromatic N) is 1. The van der Waals surface area contributed by atoms with E-state index in [1.165, 1.54) is 0 Å². The Labute approximate surface area is 109 Å². The highest BCUT2D eigenvalue weighted by molar-refractivity contribution is 5.81. The second-order valence-corrected chi connectivity index (χ2v) is 6.56. The molecule has 0 spiro atoms. The van der Waals surface area contributed by atoms with Gasteiger partial charge in [0.1, 0.15) is 0 Å². The molecule has 1 saturated carbocycles. The summed E-state index contributed by atoms with van der Waals surface area (Å²) in [6, 6.07) is 0.589. The number of hydrogen-bond acceptors (Lipinski definition) is 3. The Bertz CT molecular complexity index is 316. The smallest absolute Gasteiger partial charge is 0.225 e. The van der Waals surface area contributed by atoms with E-state index in [-0.39, 0.29) is 0 Å². The maximum Gasteiger partial charge on any atom is 0.225 e. The SMILES string of the molecule is CC1(CNC2CCN(C(=O)C3CC3)CC2)COC1. The molecule has 3 aliphatic rings. The number of rotatable bonds is 4. The molecule has 4 heteroatoms. The molecule has 1 amide bonds. The van der Waals surface area contributed by atoms with Crippen molar-refractivity contribution in [3.05, 3.63) is 0 Å². The third kappa shape index (κ3) is 2.69. The fourth-order valence-corrected chi connectivity index (χ4v) is 2.84. The molecule has 18 heavy (non-hydrogen) atoms. The zero-order chi connectivity index (χ0) is 12.6. The number of ether oxygens (including phenoxy) is 1. The lowest BCUT2D eigenvalue weighted by atomic mass is 9.88. The van der Waals surface area contributed by atoms with Gasteiger partial charge in [-0.1, -0.05) is 6.92 Å². The molecule has 0 aromatic rings. The summed E-state index contributed by atoms with van der Waals surface area (Å²) >= 11 is 0. The van der Waals surface area contributed by atoms with Gasteiger partial charge in [-0.05, 0) is 25.7 Å². The van der Waals surface area contributed by atoms with Gasteiger partial charge in [0, 0.05) is 37.0 Å². The van der Waals surface area contributed by atoms with Crippen molar-refractivity contribution < 1.29 is 9.53 Å². The first-order valence-corrected chi connectivity index (χ1v) is 7.26. The number of hydrogen-bond donors (Lipinski definition) is 1. The molecule has 3 fully saturated rings. The third-order valence-corrected chi connectivity index (χ3v) is 4.45. The van der Waals surface area contributed by atoms with Gasteiger partial charge in [-0.3, -0.25) is 4.79 Å². The van der Waals surface area contributed by atoms with Crippen LogP contribution in [0.4, 0.5) is 0 Å². The van der Waals surface area contributed by atoms with Gasteiger partial charge in [0.25, 0.3) is 0 Å². The molecular formula is C14H24N2O2. The summed E-state index contributed by atoms with van der Waals surface area (Å²) in [6.07, 6.45) is 4.45. The zero-order valence-corrected chi connectivity index (χ0v) is 11.3. The van der Waals surface area contributed by atoms with E-state index in [0.717, 1.165) is 58.5 Å². The van der Waals surface area contributed by atoms with Crippen LogP contribution < -0.4 is 5.32 Å². The predicted octanol–water partition coefficient (Wildman–Crippen LogP) is 1.01. The molecule has 4 nitrogen and oxygen atoms in total. The van der Waals surface area contributed by atoms with Crippen LogP contribution in [-0.2, 0) is 9.53 Å². The Morgan fingerprint density at radius 3 is 2.44 bits per heavy atom. The fourth-order valence-electron chi connectivity index (χ4n) is 2.84. The molecule has 2 saturated heterocycles. The molecule has 2 aliphatic heterocycles. The summed E-state index contributed by atoms with van der Waals surface area (Å²) in [4.78, 5) is 14.0. The maximum atomic E-state index is 11.9. The van der Waals surface area contributed by atoms with Crippen LogP contribution in [0.2, 0.25) is 0 Å². The molecular weight excluding hydrogens is 228 g/mol. The van der Waals surface area contributed by atoms with Crippen molar-refractivity contribution in [2.75, 3.05) is 32.8 Å². The summed E-state index contributed by atoms with van der Waals surface area (Å²) in [5.74, 6) is 0.786. The number of amides is 1. The van der Waals surface area contributed by atoms with Crippen LogP contribution in [0.15, 0.2) is 0 Å². The molecule has 1 aliphatic carbocycles. The Hall–Kier alpha value is -0.610. The summed E-state index contributed by atoms with van der Waals surface area (Å²) in [5, 5.41) is 3.65. The first kappa shape index (κ1) is 12.4. The molecule has 2 heterocycles. The number of likely N-dealkylation sites (tertiary alicyclic amines) is 1. The van der Waals surface area contributed by atoms with Gasteiger partial charge < -0.3 is 15.0 Å². The van der Waals surface area contributed by atoms with E-state index < -0.39 is 0 Å². The fraction of sp³-hybridized carbons (Fsp3) is 0.929. The highest BCUT2D eigenvalue weighted by atomic mass is 16.5. The zero-order valence-electron chi connectivity index (χ0n) is 11.3. The van der Waals surface area contributed by atoms with Gasteiger partial charge >= 0.3 is 0 Å². The van der Waals surface area contributed by atoms with Crippen LogP contribution >= 0.6 is 0 Å². The number of piperidine rings is 1. The second kappa shape index (κ2) is 4.82. The lowest BCUT2D eigenvalue weighted by Gasteiger charge is -2.40. The van der Waals surface area contributed by atoms with E-state index in [1.54, 1.807) is 0 Å². The van der Waals surface area contributed by atoms with E-state index in [0.29, 0.717) is 23.3 Å². The highest BCUT2D eigenvalue weighted by Crippen LogP contribution is 2.32. The third-order valence-electron chi connectivity index (χ3n) is 4.45. The Kier molecular flexibility index (Phi) is 3.32. The largest absolute Gasteiger partial charge is 0.380 e. The molecule has 0 atom stereocenters. The molecule has 0 radical (unpaired) electrons. The summed E-state index contributed by atoms with van der Waals surface area (Å²) in [6.45, 7) is 6.99. The van der Waals surface area contributed by atoms with Gasteiger partial charge in [0.2, 0.25) is 5.91 Å². The minimum absolute atomic E-state index is 0.348. The van der Waals surface area contributed by atoms with Crippen molar-refractivity contribution in [1.29, 1.82) is 0 Å². The van der Waals surface area contributed by atoms with Crippen LogP contribution in [0.3, 0.4) is 0 Å². The number of carbonyl (C=O) groups excluding carboxylic acids is 1. The van der Waals surface area contributed by atoms with Crippen molar-refractivity contribution in [3.8, 4) is 0 Å². The lowest BCUT2D eigenvalue weighted by Crippen LogP contribution is -2.52. The normalized spacial score (nSPS) is 27.9. The number of carbonyl (C=O) groups is 1. The summed E-state index contributed by atoms with van der Waals surface area (Å²) in [5.41, 5.74) is 0.348. The minimum Gasteiger partial charge on any atom is -0.380 e. The Morgan fingerprint density at radius 1 is 1.28 bits per heavy atom. The van der Waals surface area contributed by atoms with Crippen molar-refractivity contribution in [2.24, 2.45) is 11.3 Å². The summed E-state index contributed by atoms with van der Waals surface area (Å²) in [7, 11) is 0. The van der Waals surface area contributed by atoms with Crippen molar-refractivity contribution in [2.45, 2.75) is 38.6 Å². The van der Waals surface area contributed by atoms with Crippen molar-refractivity contribution in [1.82, 2.24) is 10.2 Å². The standard InChI is InChI=1S/C14H24N2O2/c1-14(9-18-10-14)8-15-12-4-6-16(7-5-12)13(17)11-2-3-11/h11-12,15H,2-10H2,1H3. The van der Waals surface area contributed by atoms with E-state index in [9.17, 15) is 4.79 Å². The van der Waals surface area contributed by atoms with Crippen molar-refractivity contribution in [3.63, 3.8) is 0 Å². The highest BCUT2D eigenvalue weighted by Gasteiger charge is 2.36. The molecule has 0 bridgehead atoms. The van der Waals surface area contributed by atoms with Crippen LogP contribution in [0.1, 0.15) is 32.6 Å². The molecule has 102 valence electrons. The molecule has 0 unspecified atom stereocenters. The quantitative estimate of drug-likeness (QED) is 0.812. The lowest BCUT2D eigenvalue weighted by molar-refractivity contribution is -0.133. The van der Waals surface area contributed by atoms with Gasteiger partial charge in [0.15, 0.2) is 0 Å². The number of nitrogens with one attached hydrogen (secondary N) is 1. The van der Waals surface area contributed by atoms with E-state index in [4.69, 9.17) is 4.74 Å². The van der Waals surface area contributed by atoms with E-state index >= 15 is 0 Å².